The average Bonchev–Trinajstić information content (AvgIpc) is 2.30. The molecule has 0 radical (unpaired) electrons. The van der Waals surface area contributed by atoms with Gasteiger partial charge >= 0.3 is 0 Å². The molecule has 94 valence electrons. The molecule has 0 amide bonds. The molecule has 1 N–H and O–H groups in total. The zero-order chi connectivity index (χ0) is 11.8. The lowest BCUT2D eigenvalue weighted by Gasteiger charge is -2.29. The second-order valence-electron chi connectivity index (χ2n) is 4.70. The van der Waals surface area contributed by atoms with Gasteiger partial charge in [0.2, 0.25) is 0 Å². The summed E-state index contributed by atoms with van der Waals surface area (Å²) in [6.07, 6.45) is 6.12. The van der Waals surface area contributed by atoms with E-state index < -0.39 is 0 Å². The third kappa shape index (κ3) is 5.37. The third-order valence-corrected chi connectivity index (χ3v) is 3.74. The molecule has 0 aliphatic heterocycles. The van der Waals surface area contributed by atoms with Crippen molar-refractivity contribution >= 4 is 12.0 Å². The van der Waals surface area contributed by atoms with E-state index in [9.17, 15) is 0 Å². The predicted molar refractivity (Wildman–Crippen MR) is 70.4 cm³/mol. The van der Waals surface area contributed by atoms with Crippen LogP contribution in [0.1, 0.15) is 39.0 Å². The quantitative estimate of drug-likeness (QED) is 0.423. The molecule has 0 aromatic heterocycles. The molecule has 3 heteroatoms. The molecule has 1 aliphatic carbocycles. The monoisotopic (exact) mass is 244 g/mol. The van der Waals surface area contributed by atoms with Gasteiger partial charge in [-0.1, -0.05) is 31.9 Å². The van der Waals surface area contributed by atoms with Gasteiger partial charge < -0.3 is 9.29 Å². The van der Waals surface area contributed by atoms with Gasteiger partial charge in [0.05, 0.1) is 13.2 Å². The maximum Gasteiger partial charge on any atom is 0.0642 e. The van der Waals surface area contributed by atoms with Crippen molar-refractivity contribution in [3.8, 4) is 0 Å². The Morgan fingerprint density at radius 3 is 2.88 bits per heavy atom. The SMILES string of the molecule is C=C(CO)CC1CCCC(COSCC)C1. The summed E-state index contributed by atoms with van der Waals surface area (Å²) in [6.45, 7) is 7.02. The molecule has 2 atom stereocenters. The van der Waals surface area contributed by atoms with Gasteiger partial charge in [0.25, 0.3) is 0 Å². The molecular formula is C13H24O2S. The zero-order valence-corrected chi connectivity index (χ0v) is 11.1. The molecule has 1 fully saturated rings. The van der Waals surface area contributed by atoms with Gasteiger partial charge in [-0.3, -0.25) is 0 Å². The normalized spacial score (nSPS) is 25.6. The molecule has 0 aromatic carbocycles. The van der Waals surface area contributed by atoms with Crippen molar-refractivity contribution < 1.29 is 9.29 Å². The standard InChI is InChI=1S/C13H24O2S/c1-3-16-15-10-13-6-4-5-12(8-13)7-11(2)9-14/h12-14H,2-10H2,1H3. The van der Waals surface area contributed by atoms with Gasteiger partial charge in [-0.15, -0.1) is 0 Å². The predicted octanol–water partition coefficient (Wildman–Crippen LogP) is 3.42. The number of aliphatic hydroxyl groups is 1. The molecule has 1 saturated carbocycles. The van der Waals surface area contributed by atoms with E-state index in [0.29, 0.717) is 11.8 Å². The van der Waals surface area contributed by atoms with Crippen molar-refractivity contribution in [3.63, 3.8) is 0 Å². The second kappa shape index (κ2) is 8.15. The summed E-state index contributed by atoms with van der Waals surface area (Å²) in [4.78, 5) is 0. The Morgan fingerprint density at radius 2 is 2.19 bits per heavy atom. The van der Waals surface area contributed by atoms with E-state index in [-0.39, 0.29) is 6.61 Å². The fourth-order valence-electron chi connectivity index (χ4n) is 2.44. The number of rotatable bonds is 7. The Balaban J connectivity index is 2.21. The molecule has 0 spiro atoms. The summed E-state index contributed by atoms with van der Waals surface area (Å²) in [7, 11) is 0. The zero-order valence-electron chi connectivity index (χ0n) is 10.3. The maximum atomic E-state index is 8.98. The Kier molecular flexibility index (Phi) is 7.17. The van der Waals surface area contributed by atoms with Crippen molar-refractivity contribution in [1.82, 2.24) is 0 Å². The molecule has 2 nitrogen and oxygen atoms in total. The van der Waals surface area contributed by atoms with Crippen molar-refractivity contribution in [2.24, 2.45) is 11.8 Å². The van der Waals surface area contributed by atoms with Gasteiger partial charge in [0.15, 0.2) is 0 Å². The lowest BCUT2D eigenvalue weighted by molar-refractivity contribution is 0.190. The minimum atomic E-state index is 0.142. The number of hydrogen-bond donors (Lipinski definition) is 1. The highest BCUT2D eigenvalue weighted by molar-refractivity contribution is 7.94. The topological polar surface area (TPSA) is 29.5 Å². The average molecular weight is 244 g/mol. The molecular weight excluding hydrogens is 220 g/mol. The summed E-state index contributed by atoms with van der Waals surface area (Å²) >= 11 is 1.56. The van der Waals surface area contributed by atoms with E-state index in [0.717, 1.165) is 24.4 Å². The Morgan fingerprint density at radius 1 is 1.44 bits per heavy atom. The molecule has 1 aliphatic rings. The number of hydrogen-bond acceptors (Lipinski definition) is 3. The van der Waals surface area contributed by atoms with Crippen molar-refractivity contribution in [3.05, 3.63) is 12.2 Å². The first-order chi connectivity index (χ1) is 7.76. The van der Waals surface area contributed by atoms with E-state index in [4.69, 9.17) is 9.29 Å². The van der Waals surface area contributed by atoms with E-state index in [1.807, 2.05) is 0 Å². The Hall–Kier alpha value is 0.0100. The molecule has 0 heterocycles. The van der Waals surface area contributed by atoms with Crippen LogP contribution < -0.4 is 0 Å². The summed E-state index contributed by atoms with van der Waals surface area (Å²) < 4.78 is 5.55. The Labute approximate surface area is 104 Å². The van der Waals surface area contributed by atoms with Gasteiger partial charge in [0.1, 0.15) is 0 Å². The van der Waals surface area contributed by atoms with E-state index in [1.165, 1.54) is 25.7 Å². The van der Waals surface area contributed by atoms with Crippen LogP contribution in [0.3, 0.4) is 0 Å². The summed E-state index contributed by atoms with van der Waals surface area (Å²) in [5.41, 5.74) is 0.981. The minimum Gasteiger partial charge on any atom is -0.392 e. The molecule has 0 bridgehead atoms. The summed E-state index contributed by atoms with van der Waals surface area (Å²) in [5.74, 6) is 2.45. The molecule has 1 rings (SSSR count). The first-order valence-electron chi connectivity index (χ1n) is 6.28. The highest BCUT2D eigenvalue weighted by Gasteiger charge is 2.22. The van der Waals surface area contributed by atoms with Gasteiger partial charge in [-0.2, -0.15) is 0 Å². The summed E-state index contributed by atoms with van der Waals surface area (Å²) in [6, 6.07) is 0. The van der Waals surface area contributed by atoms with Crippen LogP contribution in [-0.2, 0) is 4.18 Å². The van der Waals surface area contributed by atoms with Crippen LogP contribution in [0.25, 0.3) is 0 Å². The fourth-order valence-corrected chi connectivity index (χ4v) is 2.89. The fraction of sp³-hybridized carbons (Fsp3) is 0.846. The van der Waals surface area contributed by atoms with Gasteiger partial charge in [-0.05, 0) is 43.1 Å². The van der Waals surface area contributed by atoms with Crippen LogP contribution in [0.4, 0.5) is 0 Å². The van der Waals surface area contributed by atoms with Gasteiger partial charge in [0, 0.05) is 5.75 Å². The lowest BCUT2D eigenvalue weighted by Crippen LogP contribution is -2.19. The first kappa shape index (κ1) is 14.1. The first-order valence-corrected chi connectivity index (χ1v) is 7.19. The van der Waals surface area contributed by atoms with Crippen molar-refractivity contribution in [2.45, 2.75) is 39.0 Å². The molecule has 0 saturated heterocycles. The van der Waals surface area contributed by atoms with Crippen molar-refractivity contribution in [2.75, 3.05) is 19.0 Å². The molecule has 0 aromatic rings. The van der Waals surface area contributed by atoms with Gasteiger partial charge in [-0.25, -0.2) is 0 Å². The smallest absolute Gasteiger partial charge is 0.0642 e. The number of aliphatic hydroxyl groups excluding tert-OH is 1. The summed E-state index contributed by atoms with van der Waals surface area (Å²) in [5, 5.41) is 8.98. The van der Waals surface area contributed by atoms with E-state index in [2.05, 4.69) is 13.5 Å². The Bertz CT molecular complexity index is 206. The van der Waals surface area contributed by atoms with Crippen molar-refractivity contribution in [1.29, 1.82) is 0 Å². The lowest BCUT2D eigenvalue weighted by atomic mass is 9.79. The molecule has 16 heavy (non-hydrogen) atoms. The second-order valence-corrected chi connectivity index (χ2v) is 5.75. The van der Waals surface area contributed by atoms with Crippen LogP contribution in [0.2, 0.25) is 0 Å². The maximum absolute atomic E-state index is 8.98. The van der Waals surface area contributed by atoms with E-state index in [1.54, 1.807) is 12.0 Å². The van der Waals surface area contributed by atoms with Crippen LogP contribution in [0.15, 0.2) is 12.2 Å². The highest BCUT2D eigenvalue weighted by Crippen LogP contribution is 2.33. The third-order valence-electron chi connectivity index (χ3n) is 3.20. The van der Waals surface area contributed by atoms with Crippen LogP contribution in [0, 0.1) is 11.8 Å². The van der Waals surface area contributed by atoms with Crippen LogP contribution in [-0.4, -0.2) is 24.1 Å². The highest BCUT2D eigenvalue weighted by atomic mass is 32.2. The van der Waals surface area contributed by atoms with Crippen LogP contribution >= 0.6 is 12.0 Å². The minimum absolute atomic E-state index is 0.142. The van der Waals surface area contributed by atoms with E-state index >= 15 is 0 Å². The molecule has 2 unspecified atom stereocenters. The van der Waals surface area contributed by atoms with Crippen LogP contribution in [0.5, 0.6) is 0 Å². The largest absolute Gasteiger partial charge is 0.392 e.